The number of aldehydes is 1. The molecule has 0 unspecified atom stereocenters. The van der Waals surface area contributed by atoms with E-state index < -0.39 is 0 Å². The summed E-state index contributed by atoms with van der Waals surface area (Å²) in [7, 11) is 0. The summed E-state index contributed by atoms with van der Waals surface area (Å²) in [6, 6.07) is 0. The van der Waals surface area contributed by atoms with Crippen LogP contribution in [0.3, 0.4) is 0 Å². The van der Waals surface area contributed by atoms with Gasteiger partial charge >= 0.3 is 0 Å². The minimum Gasteiger partial charge on any atom is -0.394 e. The van der Waals surface area contributed by atoms with E-state index in [1.54, 1.807) is 5.92 Å². The lowest BCUT2D eigenvalue weighted by molar-refractivity contribution is -0.103. The Morgan fingerprint density at radius 1 is 1.50 bits per heavy atom. The van der Waals surface area contributed by atoms with Crippen molar-refractivity contribution < 1.29 is 15.0 Å². The summed E-state index contributed by atoms with van der Waals surface area (Å²) >= 11 is 0. The molecule has 0 fully saturated rings. The first kappa shape index (κ1) is 10.2. The van der Waals surface area contributed by atoms with Gasteiger partial charge in [0.1, 0.15) is 0 Å². The molecule has 2 N–H and O–H groups in total. The first-order valence-electron chi connectivity index (χ1n) is 1.95. The zero-order chi connectivity index (χ0) is 6.83. The van der Waals surface area contributed by atoms with Gasteiger partial charge in [0, 0.05) is 0 Å². The predicted octanol–water partition coefficient (Wildman–Crippen LogP) is -1.21. The van der Waals surface area contributed by atoms with Gasteiger partial charge in [-0.25, -0.2) is 0 Å². The van der Waals surface area contributed by atoms with Crippen LogP contribution in [0.25, 0.3) is 0 Å². The molecule has 0 rings (SSSR count). The standard InChI is InChI=1S/C3H2O.C2H6O2/c1-2-3-4;3-1-2-4/h1,3H;3-4H,1-2H2. The molecule has 0 spiro atoms. The maximum Gasteiger partial charge on any atom is 0.192 e. The molecule has 3 heteroatoms. The zero-order valence-electron chi connectivity index (χ0n) is 4.37. The summed E-state index contributed by atoms with van der Waals surface area (Å²) in [5.41, 5.74) is 0. The Bertz CT molecular complexity index is 70.2. The smallest absolute Gasteiger partial charge is 0.192 e. The molecule has 0 bridgehead atoms. The van der Waals surface area contributed by atoms with Gasteiger partial charge in [-0.05, 0) is 5.92 Å². The Labute approximate surface area is 48.0 Å². The SMILES string of the molecule is C#CC=O.OCCO. The third-order valence-electron chi connectivity index (χ3n) is 0.168. The van der Waals surface area contributed by atoms with Gasteiger partial charge in [0.25, 0.3) is 0 Å². The van der Waals surface area contributed by atoms with Crippen LogP contribution in [0.5, 0.6) is 0 Å². The van der Waals surface area contributed by atoms with Gasteiger partial charge in [0.05, 0.1) is 13.2 Å². The lowest BCUT2D eigenvalue weighted by Crippen LogP contribution is -1.85. The highest BCUT2D eigenvalue weighted by Crippen LogP contribution is 1.39. The first-order chi connectivity index (χ1) is 3.83. The molecule has 0 aliphatic heterocycles. The van der Waals surface area contributed by atoms with E-state index in [1.165, 1.54) is 0 Å². The van der Waals surface area contributed by atoms with E-state index >= 15 is 0 Å². The van der Waals surface area contributed by atoms with E-state index in [9.17, 15) is 0 Å². The highest BCUT2D eigenvalue weighted by Gasteiger charge is 1.58. The molecule has 0 saturated heterocycles. The average molecular weight is 116 g/mol. The molecule has 0 aliphatic rings. The minimum atomic E-state index is -0.125. The van der Waals surface area contributed by atoms with Gasteiger partial charge in [-0.3, -0.25) is 4.79 Å². The van der Waals surface area contributed by atoms with Crippen molar-refractivity contribution in [2.75, 3.05) is 13.2 Å². The summed E-state index contributed by atoms with van der Waals surface area (Å²) in [6.07, 6.45) is 4.81. The molecule has 0 aromatic heterocycles. The molecular formula is C5H8O3. The molecule has 0 heterocycles. The lowest BCUT2D eigenvalue weighted by atomic mass is 10.8. The molecule has 0 amide bonds. The van der Waals surface area contributed by atoms with E-state index in [4.69, 9.17) is 15.0 Å². The Morgan fingerprint density at radius 3 is 1.75 bits per heavy atom. The van der Waals surface area contributed by atoms with Gasteiger partial charge in [-0.15, -0.1) is 6.42 Å². The van der Waals surface area contributed by atoms with Gasteiger partial charge in [-0.2, -0.15) is 0 Å². The molecule has 0 aromatic rings. The number of rotatable bonds is 1. The van der Waals surface area contributed by atoms with Crippen molar-refractivity contribution >= 4 is 6.29 Å². The molecular weight excluding hydrogens is 108 g/mol. The third-order valence-corrected chi connectivity index (χ3v) is 0.168. The van der Waals surface area contributed by atoms with Crippen molar-refractivity contribution in [1.29, 1.82) is 0 Å². The molecule has 0 radical (unpaired) electrons. The van der Waals surface area contributed by atoms with Crippen LogP contribution in [0.1, 0.15) is 0 Å². The number of terminal acetylenes is 1. The van der Waals surface area contributed by atoms with Gasteiger partial charge < -0.3 is 10.2 Å². The first-order valence-corrected chi connectivity index (χ1v) is 1.95. The summed E-state index contributed by atoms with van der Waals surface area (Å²) < 4.78 is 0. The van der Waals surface area contributed by atoms with Crippen molar-refractivity contribution in [3.8, 4) is 12.3 Å². The second-order valence-corrected chi connectivity index (χ2v) is 0.732. The van der Waals surface area contributed by atoms with Crippen molar-refractivity contribution in [2.45, 2.75) is 0 Å². The third kappa shape index (κ3) is 67.1. The number of aliphatic hydroxyl groups is 2. The van der Waals surface area contributed by atoms with Gasteiger partial charge in [-0.1, -0.05) is 0 Å². The van der Waals surface area contributed by atoms with Crippen LogP contribution in [0.15, 0.2) is 0 Å². The number of carbonyl (C=O) groups is 1. The summed E-state index contributed by atoms with van der Waals surface area (Å²) in [5, 5.41) is 15.2. The average Bonchev–Trinajstić information content (AvgIpc) is 1.88. The predicted molar refractivity (Wildman–Crippen MR) is 29.1 cm³/mol. The van der Waals surface area contributed by atoms with Crippen LogP contribution in [0, 0.1) is 12.3 Å². The fourth-order valence-corrected chi connectivity index (χ4v) is 0. The zero-order valence-corrected chi connectivity index (χ0v) is 4.37. The maximum atomic E-state index is 8.94. The van der Waals surface area contributed by atoms with E-state index in [0.717, 1.165) is 0 Å². The second kappa shape index (κ2) is 16.4. The Morgan fingerprint density at radius 2 is 1.75 bits per heavy atom. The normalized spacial score (nSPS) is 5.62. The van der Waals surface area contributed by atoms with E-state index in [-0.39, 0.29) is 13.2 Å². The molecule has 3 nitrogen and oxygen atoms in total. The van der Waals surface area contributed by atoms with E-state index in [1.807, 2.05) is 0 Å². The highest BCUT2D eigenvalue weighted by atomic mass is 16.3. The fourth-order valence-electron chi connectivity index (χ4n) is 0. The monoisotopic (exact) mass is 116 g/mol. The van der Waals surface area contributed by atoms with Gasteiger partial charge in [0.15, 0.2) is 6.29 Å². The van der Waals surface area contributed by atoms with E-state index in [0.29, 0.717) is 6.29 Å². The number of hydrogen-bond acceptors (Lipinski definition) is 3. The largest absolute Gasteiger partial charge is 0.394 e. The number of hydrogen-bond donors (Lipinski definition) is 2. The highest BCUT2D eigenvalue weighted by molar-refractivity contribution is 5.71. The molecule has 0 atom stereocenters. The van der Waals surface area contributed by atoms with Crippen LogP contribution in [0.4, 0.5) is 0 Å². The minimum absolute atomic E-state index is 0.125. The van der Waals surface area contributed by atoms with E-state index in [2.05, 4.69) is 6.42 Å². The molecule has 0 saturated carbocycles. The summed E-state index contributed by atoms with van der Waals surface area (Å²) in [5.74, 6) is 1.75. The van der Waals surface area contributed by atoms with Crippen molar-refractivity contribution in [1.82, 2.24) is 0 Å². The van der Waals surface area contributed by atoms with Crippen LogP contribution < -0.4 is 0 Å². The number of aliphatic hydroxyl groups excluding tert-OH is 2. The molecule has 46 valence electrons. The quantitative estimate of drug-likeness (QED) is 0.334. The molecule has 0 aliphatic carbocycles. The van der Waals surface area contributed by atoms with Crippen LogP contribution in [-0.2, 0) is 4.79 Å². The van der Waals surface area contributed by atoms with Crippen molar-refractivity contribution in [3.63, 3.8) is 0 Å². The van der Waals surface area contributed by atoms with Crippen molar-refractivity contribution in [2.24, 2.45) is 0 Å². The Balaban J connectivity index is 0. The topological polar surface area (TPSA) is 57.5 Å². The molecule has 0 aromatic carbocycles. The Kier molecular flexibility index (Phi) is 21.0. The lowest BCUT2D eigenvalue weighted by Gasteiger charge is -1.70. The fraction of sp³-hybridized carbons (Fsp3) is 0.400. The Hall–Kier alpha value is -0.850. The van der Waals surface area contributed by atoms with Gasteiger partial charge in [0.2, 0.25) is 0 Å². The summed E-state index contributed by atoms with van der Waals surface area (Å²) in [4.78, 5) is 8.94. The van der Waals surface area contributed by atoms with Crippen LogP contribution >= 0.6 is 0 Å². The maximum absolute atomic E-state index is 8.94. The number of carbonyl (C=O) groups excluding carboxylic acids is 1. The van der Waals surface area contributed by atoms with Crippen LogP contribution in [0.2, 0.25) is 0 Å². The summed E-state index contributed by atoms with van der Waals surface area (Å²) in [6.45, 7) is -0.250. The van der Waals surface area contributed by atoms with Crippen LogP contribution in [-0.4, -0.2) is 29.7 Å². The molecule has 8 heavy (non-hydrogen) atoms. The van der Waals surface area contributed by atoms with Crippen molar-refractivity contribution in [3.05, 3.63) is 0 Å². The second-order valence-electron chi connectivity index (χ2n) is 0.732.